The zero-order valence-corrected chi connectivity index (χ0v) is 17.0. The molecule has 1 aliphatic heterocycles. The van der Waals surface area contributed by atoms with Crippen LogP contribution in [0.4, 0.5) is 4.39 Å². The van der Waals surface area contributed by atoms with Crippen molar-refractivity contribution >= 4 is 11.3 Å². The minimum atomic E-state index is -0.509. The van der Waals surface area contributed by atoms with Crippen LogP contribution in [0.25, 0.3) is 0 Å². The molecule has 0 radical (unpaired) electrons. The zero-order chi connectivity index (χ0) is 20.0. The Hall–Kier alpha value is -1.54. The highest BCUT2D eigenvalue weighted by molar-refractivity contribution is 7.09. The summed E-state index contributed by atoms with van der Waals surface area (Å²) in [7, 11) is 0. The highest BCUT2D eigenvalue weighted by Crippen LogP contribution is 2.46. The Morgan fingerprint density at radius 2 is 2.17 bits per heavy atom. The first kappa shape index (κ1) is 19.4. The average Bonchev–Trinajstić information content (AvgIpc) is 3.45. The molecule has 5 atom stereocenters. The van der Waals surface area contributed by atoms with E-state index in [1.54, 1.807) is 6.07 Å². The van der Waals surface area contributed by atoms with E-state index in [4.69, 9.17) is 9.47 Å². The van der Waals surface area contributed by atoms with Crippen molar-refractivity contribution in [2.75, 3.05) is 6.61 Å². The number of aromatic nitrogens is 1. The maximum Gasteiger partial charge on any atom is 0.168 e. The van der Waals surface area contributed by atoms with E-state index in [9.17, 15) is 14.6 Å². The summed E-state index contributed by atoms with van der Waals surface area (Å²) in [5.74, 6) is 0.219. The molecular formula is C22H26FNO4S. The van der Waals surface area contributed by atoms with E-state index in [-0.39, 0.29) is 36.5 Å². The topological polar surface area (TPSA) is 71.8 Å². The maximum atomic E-state index is 14.7. The van der Waals surface area contributed by atoms with Gasteiger partial charge in [0.2, 0.25) is 0 Å². The summed E-state index contributed by atoms with van der Waals surface area (Å²) in [5, 5.41) is 22.6. The predicted octanol–water partition coefficient (Wildman–Crippen LogP) is 3.56. The number of ether oxygens (including phenoxy) is 2. The Balaban J connectivity index is 1.24. The molecule has 5 nitrogen and oxygen atoms in total. The van der Waals surface area contributed by atoms with Crippen LogP contribution in [0.5, 0.6) is 5.75 Å². The average molecular weight is 420 g/mol. The van der Waals surface area contributed by atoms with Gasteiger partial charge in [0.15, 0.2) is 11.6 Å². The number of aliphatic hydroxyl groups is 2. The van der Waals surface area contributed by atoms with Crippen molar-refractivity contribution in [1.82, 2.24) is 4.98 Å². The molecule has 7 heteroatoms. The molecule has 1 saturated carbocycles. The molecule has 0 amide bonds. The van der Waals surface area contributed by atoms with Gasteiger partial charge in [0, 0.05) is 17.7 Å². The molecule has 156 valence electrons. The maximum absolute atomic E-state index is 14.7. The number of hydrogen-bond acceptors (Lipinski definition) is 6. The second-order valence-corrected chi connectivity index (χ2v) is 9.28. The third kappa shape index (κ3) is 3.58. The summed E-state index contributed by atoms with van der Waals surface area (Å²) in [6.45, 7) is 0.241. The molecule has 0 spiro atoms. The van der Waals surface area contributed by atoms with Crippen LogP contribution in [-0.4, -0.2) is 34.0 Å². The molecule has 5 rings (SSSR count). The van der Waals surface area contributed by atoms with Crippen molar-refractivity contribution in [2.45, 2.75) is 63.4 Å². The molecule has 2 aromatic rings. The Morgan fingerprint density at radius 3 is 3.00 bits per heavy atom. The van der Waals surface area contributed by atoms with E-state index in [1.165, 1.54) is 11.3 Å². The first-order valence-electron chi connectivity index (χ1n) is 10.5. The summed E-state index contributed by atoms with van der Waals surface area (Å²) < 4.78 is 26.8. The van der Waals surface area contributed by atoms with E-state index < -0.39 is 6.10 Å². The minimum absolute atomic E-state index is 0.0382. The number of hydrogen-bond donors (Lipinski definition) is 2. The fourth-order valence-corrected chi connectivity index (χ4v) is 6.06. The Bertz CT molecular complexity index is 888. The first-order valence-corrected chi connectivity index (χ1v) is 11.3. The number of benzene rings is 1. The molecule has 1 aromatic heterocycles. The second kappa shape index (κ2) is 7.95. The summed E-state index contributed by atoms with van der Waals surface area (Å²) in [5.41, 5.74) is 2.56. The standard InChI is InChI=1S/C22H26FNO4S/c23-21-14-3-1-2-12(14)4-6-18(21)27-10-16-15-5-7-19(28-20(15)8-17(16)26)22-24-13(9-25)11-29-22/h4,6,11,15-17,19-20,25-26H,1-3,5,7-10H2/t15-,16-,17+,19-,20+/m1/s1. The van der Waals surface area contributed by atoms with E-state index in [0.717, 1.165) is 48.2 Å². The van der Waals surface area contributed by atoms with E-state index >= 15 is 0 Å². The predicted molar refractivity (Wildman–Crippen MR) is 106 cm³/mol. The SMILES string of the molecule is OCc1csc([C@H]2CC[C@@H]3[C@@H](COc4ccc5c(c4F)CCC5)[C@@H](O)C[C@@H]3O2)n1. The lowest BCUT2D eigenvalue weighted by Crippen LogP contribution is -2.33. The van der Waals surface area contributed by atoms with Gasteiger partial charge in [-0.3, -0.25) is 0 Å². The van der Waals surface area contributed by atoms with Gasteiger partial charge in [-0.1, -0.05) is 6.07 Å². The fourth-order valence-electron chi connectivity index (χ4n) is 5.18. The molecule has 3 aliphatic rings. The monoisotopic (exact) mass is 419 g/mol. The third-order valence-corrected chi connectivity index (χ3v) is 7.70. The van der Waals surface area contributed by atoms with Crippen LogP contribution in [0.1, 0.15) is 53.6 Å². The van der Waals surface area contributed by atoms with Gasteiger partial charge in [-0.25, -0.2) is 9.37 Å². The molecule has 1 aromatic carbocycles. The number of rotatable bonds is 5. The van der Waals surface area contributed by atoms with Crippen molar-refractivity contribution in [3.63, 3.8) is 0 Å². The lowest BCUT2D eigenvalue weighted by atomic mass is 9.87. The van der Waals surface area contributed by atoms with E-state index in [0.29, 0.717) is 24.5 Å². The van der Waals surface area contributed by atoms with E-state index in [1.807, 2.05) is 11.4 Å². The van der Waals surface area contributed by atoms with Crippen LogP contribution >= 0.6 is 11.3 Å². The van der Waals surface area contributed by atoms with Gasteiger partial charge in [-0.15, -0.1) is 11.3 Å². The quantitative estimate of drug-likeness (QED) is 0.775. The molecule has 2 fully saturated rings. The van der Waals surface area contributed by atoms with Crippen LogP contribution in [-0.2, 0) is 24.2 Å². The van der Waals surface area contributed by atoms with Crippen LogP contribution in [0, 0.1) is 17.7 Å². The normalized spacial score (nSPS) is 30.9. The molecule has 2 aliphatic carbocycles. The number of thiazole rings is 1. The molecule has 2 heterocycles. The van der Waals surface area contributed by atoms with Crippen molar-refractivity contribution in [3.8, 4) is 5.75 Å². The van der Waals surface area contributed by atoms with Crippen LogP contribution in [0.3, 0.4) is 0 Å². The third-order valence-electron chi connectivity index (χ3n) is 6.71. The lowest BCUT2D eigenvalue weighted by Gasteiger charge is -2.33. The number of aryl methyl sites for hydroxylation is 1. The molecule has 0 unspecified atom stereocenters. The van der Waals surface area contributed by atoms with E-state index in [2.05, 4.69) is 4.98 Å². The summed E-state index contributed by atoms with van der Waals surface area (Å²) in [4.78, 5) is 4.43. The highest BCUT2D eigenvalue weighted by atomic mass is 32.1. The number of aliphatic hydroxyl groups excluding tert-OH is 2. The number of nitrogens with zero attached hydrogens (tertiary/aromatic N) is 1. The molecule has 29 heavy (non-hydrogen) atoms. The largest absolute Gasteiger partial charge is 0.490 e. The van der Waals surface area contributed by atoms with Gasteiger partial charge < -0.3 is 19.7 Å². The summed E-state index contributed by atoms with van der Waals surface area (Å²) in [6.07, 6.45) is 4.40. The smallest absolute Gasteiger partial charge is 0.168 e. The second-order valence-electron chi connectivity index (χ2n) is 8.39. The minimum Gasteiger partial charge on any atom is -0.490 e. The van der Waals surface area contributed by atoms with Crippen LogP contribution in [0.15, 0.2) is 17.5 Å². The van der Waals surface area contributed by atoms with Crippen molar-refractivity contribution in [1.29, 1.82) is 0 Å². The molecule has 1 saturated heterocycles. The number of fused-ring (bicyclic) bond motifs is 2. The van der Waals surface area contributed by atoms with Crippen molar-refractivity contribution in [3.05, 3.63) is 45.2 Å². The zero-order valence-electron chi connectivity index (χ0n) is 16.2. The van der Waals surface area contributed by atoms with Gasteiger partial charge >= 0.3 is 0 Å². The summed E-state index contributed by atoms with van der Waals surface area (Å²) >= 11 is 1.51. The Labute approximate surface area is 173 Å². The molecule has 0 bridgehead atoms. The number of halogens is 1. The van der Waals surface area contributed by atoms with Crippen molar-refractivity contribution in [2.24, 2.45) is 11.8 Å². The van der Waals surface area contributed by atoms with Gasteiger partial charge in [-0.05, 0) is 55.2 Å². The van der Waals surface area contributed by atoms with Crippen LogP contribution in [0.2, 0.25) is 0 Å². The summed E-state index contributed by atoms with van der Waals surface area (Å²) in [6, 6.07) is 3.70. The Morgan fingerprint density at radius 1 is 1.28 bits per heavy atom. The highest BCUT2D eigenvalue weighted by Gasteiger charge is 2.47. The van der Waals surface area contributed by atoms with Gasteiger partial charge in [-0.2, -0.15) is 0 Å². The van der Waals surface area contributed by atoms with Gasteiger partial charge in [0.25, 0.3) is 0 Å². The Kier molecular flexibility index (Phi) is 5.32. The van der Waals surface area contributed by atoms with Crippen LogP contribution < -0.4 is 4.74 Å². The lowest BCUT2D eigenvalue weighted by molar-refractivity contribution is -0.0812. The fraction of sp³-hybridized carbons (Fsp3) is 0.591. The van der Waals surface area contributed by atoms with Crippen molar-refractivity contribution < 1.29 is 24.1 Å². The van der Waals surface area contributed by atoms with Gasteiger partial charge in [0.05, 0.1) is 31.1 Å². The van der Waals surface area contributed by atoms with Gasteiger partial charge in [0.1, 0.15) is 11.1 Å². The first-order chi connectivity index (χ1) is 14.1. The molecular weight excluding hydrogens is 393 g/mol. The molecule has 2 N–H and O–H groups in total.